The van der Waals surface area contributed by atoms with Crippen molar-refractivity contribution in [3.63, 3.8) is 0 Å². The predicted octanol–water partition coefficient (Wildman–Crippen LogP) is 9.02. The highest BCUT2D eigenvalue weighted by Gasteiger charge is 2.23. The van der Waals surface area contributed by atoms with Crippen LogP contribution in [0.3, 0.4) is 0 Å². The van der Waals surface area contributed by atoms with Gasteiger partial charge in [0.05, 0.1) is 17.2 Å². The molecule has 0 amide bonds. The molecular formula is C36H31N2O+. The van der Waals surface area contributed by atoms with Gasteiger partial charge in [-0.2, -0.15) is 5.26 Å². The highest BCUT2D eigenvalue weighted by Crippen LogP contribution is 2.42. The van der Waals surface area contributed by atoms with Crippen molar-refractivity contribution in [1.82, 2.24) is 0 Å². The minimum atomic E-state index is -2.39. The summed E-state index contributed by atoms with van der Waals surface area (Å²) in [6, 6.07) is 29.3. The van der Waals surface area contributed by atoms with Crippen molar-refractivity contribution in [2.45, 2.75) is 33.5 Å². The number of hydrogen-bond acceptors (Lipinski definition) is 2. The van der Waals surface area contributed by atoms with E-state index in [1.807, 2.05) is 93.6 Å². The molecule has 6 rings (SSSR count). The van der Waals surface area contributed by atoms with E-state index in [1.165, 1.54) is 6.07 Å². The van der Waals surface area contributed by atoms with E-state index < -0.39 is 12.7 Å². The van der Waals surface area contributed by atoms with Crippen LogP contribution in [0.5, 0.6) is 0 Å². The molecule has 0 bridgehead atoms. The molecule has 0 fully saturated rings. The predicted molar refractivity (Wildman–Crippen MR) is 159 cm³/mol. The van der Waals surface area contributed by atoms with Gasteiger partial charge in [-0.15, -0.1) is 0 Å². The van der Waals surface area contributed by atoms with E-state index in [0.717, 1.165) is 44.2 Å². The molecule has 6 aromatic rings. The van der Waals surface area contributed by atoms with Gasteiger partial charge in [0.25, 0.3) is 0 Å². The molecule has 0 atom stereocenters. The molecule has 2 aromatic heterocycles. The molecule has 2 heterocycles. The highest BCUT2D eigenvalue weighted by atomic mass is 16.3. The Bertz CT molecular complexity index is 2110. The van der Waals surface area contributed by atoms with Crippen LogP contribution in [0.2, 0.25) is 0 Å². The third-order valence-electron chi connectivity index (χ3n) is 7.42. The van der Waals surface area contributed by atoms with Gasteiger partial charge in [0, 0.05) is 33.4 Å². The fraction of sp³-hybridized carbons (Fsp3) is 0.167. The number of benzene rings is 4. The van der Waals surface area contributed by atoms with E-state index >= 15 is 0 Å². The van der Waals surface area contributed by atoms with E-state index in [4.69, 9.17) is 11.3 Å². The number of pyridine rings is 1. The van der Waals surface area contributed by atoms with Crippen LogP contribution in [0.25, 0.3) is 55.4 Å². The normalized spacial score (nSPS) is 13.9. The number of fused-ring (bicyclic) bond motifs is 3. The van der Waals surface area contributed by atoms with E-state index in [9.17, 15) is 5.26 Å². The lowest BCUT2D eigenvalue weighted by molar-refractivity contribution is -0.660. The van der Waals surface area contributed by atoms with E-state index in [1.54, 1.807) is 17.7 Å². The second-order valence-electron chi connectivity index (χ2n) is 10.2. The van der Waals surface area contributed by atoms with E-state index in [-0.39, 0.29) is 11.7 Å². The molecule has 0 saturated heterocycles. The molecule has 3 heteroatoms. The number of hydrogen-bond donors (Lipinski definition) is 0. The third kappa shape index (κ3) is 4.19. The lowest BCUT2D eigenvalue weighted by Crippen LogP contribution is -2.31. The first kappa shape index (κ1) is 19.4. The number of nitrogens with zero attached hydrogens (tertiary/aromatic N) is 2. The summed E-state index contributed by atoms with van der Waals surface area (Å²) in [5.74, 6) is -0.665. The van der Waals surface area contributed by atoms with Crippen LogP contribution in [0.1, 0.15) is 48.8 Å². The molecule has 0 unspecified atom stereocenters. The second-order valence-corrected chi connectivity index (χ2v) is 10.2. The van der Waals surface area contributed by atoms with Crippen molar-refractivity contribution >= 4 is 21.9 Å². The summed E-state index contributed by atoms with van der Waals surface area (Å²) in [5, 5.41) is 11.8. The quantitative estimate of drug-likeness (QED) is 0.221. The Kier molecular flexibility index (Phi) is 4.76. The molecule has 0 aliphatic rings. The summed E-state index contributed by atoms with van der Waals surface area (Å²) in [7, 11) is 1.69. The molecule has 4 aromatic carbocycles. The average molecular weight is 513 g/mol. The zero-order valence-electron chi connectivity index (χ0n) is 27.4. The fourth-order valence-electron chi connectivity index (χ4n) is 5.33. The SMILES string of the molecule is [2H]c1c(C([2H])([2H])[2H])ccc(-c2c(C)ccc3c2oc2c(-c4ccc(-c5ccc(C([2H])(C)C)cc5)cc4)c(C#N)ccc23)[n+]1C. The van der Waals surface area contributed by atoms with Gasteiger partial charge < -0.3 is 4.42 Å². The van der Waals surface area contributed by atoms with E-state index in [0.29, 0.717) is 28.0 Å². The Morgan fingerprint density at radius 2 is 1.44 bits per heavy atom. The molecule has 0 N–H and O–H groups in total. The molecule has 39 heavy (non-hydrogen) atoms. The maximum absolute atomic E-state index is 10.1. The van der Waals surface area contributed by atoms with Gasteiger partial charge in [-0.3, -0.25) is 0 Å². The summed E-state index contributed by atoms with van der Waals surface area (Å²) in [4.78, 5) is 0. The summed E-state index contributed by atoms with van der Waals surface area (Å²) < 4.78 is 48.5. The zero-order chi connectivity index (χ0) is 31.6. The van der Waals surface area contributed by atoms with Crippen molar-refractivity contribution in [3.8, 4) is 39.6 Å². The first-order chi connectivity index (χ1) is 20.8. The number of rotatable bonds is 4. The molecule has 0 spiro atoms. The standard InChI is InChI=1S/C36H31N2O/c1-22(2)25-8-10-26(11-9-25)27-12-14-28(15-13-27)34-29(20-37)16-18-31-30-17-7-24(4)33(35(30)39-36(31)34)32-19-6-23(3)21-38(32)5/h6-19,21-22H,1-5H3/q+1/i3D3,21D,22D. The molecule has 0 radical (unpaired) electrons. The average Bonchev–Trinajstić information content (AvgIpc) is 3.36. The maximum Gasteiger partial charge on any atom is 0.216 e. The van der Waals surface area contributed by atoms with Crippen LogP contribution in [-0.4, -0.2) is 0 Å². The van der Waals surface area contributed by atoms with Crippen molar-refractivity contribution < 1.29 is 15.8 Å². The summed E-state index contributed by atoms with van der Waals surface area (Å²) in [5.41, 5.74) is 8.59. The Morgan fingerprint density at radius 1 is 0.821 bits per heavy atom. The van der Waals surface area contributed by atoms with Gasteiger partial charge in [0.2, 0.25) is 5.69 Å². The van der Waals surface area contributed by atoms with Crippen LogP contribution in [0.15, 0.2) is 95.5 Å². The number of furan rings is 1. The molecular weight excluding hydrogens is 476 g/mol. The number of aromatic nitrogens is 1. The fourth-order valence-corrected chi connectivity index (χ4v) is 5.33. The van der Waals surface area contributed by atoms with Crippen LogP contribution < -0.4 is 4.57 Å². The minimum absolute atomic E-state index is 0.0150. The first-order valence-electron chi connectivity index (χ1n) is 15.4. The van der Waals surface area contributed by atoms with Crippen LogP contribution in [0.4, 0.5) is 0 Å². The van der Waals surface area contributed by atoms with Gasteiger partial charge in [0.1, 0.15) is 19.6 Å². The Balaban J connectivity index is 1.52. The van der Waals surface area contributed by atoms with Crippen molar-refractivity contribution in [1.29, 1.82) is 5.26 Å². The van der Waals surface area contributed by atoms with Crippen molar-refractivity contribution in [2.24, 2.45) is 7.05 Å². The smallest absolute Gasteiger partial charge is 0.216 e. The third-order valence-corrected chi connectivity index (χ3v) is 7.42. The molecule has 0 aliphatic heterocycles. The zero-order valence-corrected chi connectivity index (χ0v) is 22.4. The molecule has 3 nitrogen and oxygen atoms in total. The highest BCUT2D eigenvalue weighted by molar-refractivity contribution is 6.14. The van der Waals surface area contributed by atoms with E-state index in [2.05, 4.69) is 6.07 Å². The first-order valence-corrected chi connectivity index (χ1v) is 12.9. The number of nitriles is 1. The van der Waals surface area contributed by atoms with Crippen LogP contribution in [0, 0.1) is 25.1 Å². The van der Waals surface area contributed by atoms with Crippen LogP contribution in [-0.2, 0) is 7.05 Å². The Labute approximate surface area is 236 Å². The molecule has 0 saturated carbocycles. The Morgan fingerprint density at radius 3 is 2.08 bits per heavy atom. The minimum Gasteiger partial charge on any atom is -0.454 e. The second kappa shape index (κ2) is 9.57. The van der Waals surface area contributed by atoms with Crippen molar-refractivity contribution in [3.05, 3.63) is 113 Å². The van der Waals surface area contributed by atoms with Gasteiger partial charge in [-0.25, -0.2) is 4.57 Å². The van der Waals surface area contributed by atoms with Gasteiger partial charge in [0.15, 0.2) is 6.17 Å². The van der Waals surface area contributed by atoms with Crippen molar-refractivity contribution in [2.75, 3.05) is 0 Å². The summed E-state index contributed by atoms with van der Waals surface area (Å²) in [6.07, 6.45) is -0.0828. The lowest BCUT2D eigenvalue weighted by Gasteiger charge is -2.09. The maximum atomic E-state index is 10.1. The molecule has 190 valence electrons. The molecule has 0 aliphatic carbocycles. The topological polar surface area (TPSA) is 40.8 Å². The summed E-state index contributed by atoms with van der Waals surface area (Å²) in [6.45, 7) is 3.31. The Hall–Kier alpha value is -4.68. The lowest BCUT2D eigenvalue weighted by atomic mass is 9.94. The van der Waals surface area contributed by atoms with Gasteiger partial charge in [-0.05, 0) is 65.7 Å². The summed E-state index contributed by atoms with van der Waals surface area (Å²) >= 11 is 0. The largest absolute Gasteiger partial charge is 0.454 e. The van der Waals surface area contributed by atoms with Gasteiger partial charge in [-0.1, -0.05) is 74.5 Å². The van der Waals surface area contributed by atoms with Gasteiger partial charge >= 0.3 is 0 Å². The number of aryl methyl sites for hydroxylation is 2. The monoisotopic (exact) mass is 512 g/mol. The van der Waals surface area contributed by atoms with Crippen LogP contribution >= 0.6 is 0 Å².